The molecule has 0 aromatic heterocycles. The van der Waals surface area contributed by atoms with Crippen LogP contribution in [0.3, 0.4) is 0 Å². The number of anilines is 1. The number of para-hydroxylation sites is 1. The van der Waals surface area contributed by atoms with Gasteiger partial charge in [0.25, 0.3) is 0 Å². The van der Waals surface area contributed by atoms with Crippen molar-refractivity contribution < 1.29 is 9.90 Å². The Bertz CT molecular complexity index is 569. The Labute approximate surface area is 217 Å². The van der Waals surface area contributed by atoms with Crippen LogP contribution < -0.4 is 5.01 Å². The number of amides is 1. The van der Waals surface area contributed by atoms with Gasteiger partial charge in [-0.3, -0.25) is 0 Å². The summed E-state index contributed by atoms with van der Waals surface area (Å²) in [6.45, 7) is 6.16. The maximum atomic E-state index is 12.2. The molecule has 0 atom stereocenters. The first kappa shape index (κ1) is 31.5. The summed E-state index contributed by atoms with van der Waals surface area (Å²) in [5.74, 6) is 0. The molecule has 0 bridgehead atoms. The molecule has 0 unspecified atom stereocenters. The molecule has 1 aromatic rings. The smallest absolute Gasteiger partial charge is 0.426 e. The molecule has 4 heteroatoms. The van der Waals surface area contributed by atoms with Crippen LogP contribution in [0.5, 0.6) is 0 Å². The summed E-state index contributed by atoms with van der Waals surface area (Å²) in [7, 11) is 0. The molecule has 0 aliphatic rings. The van der Waals surface area contributed by atoms with Crippen molar-refractivity contribution in [2.45, 2.75) is 142 Å². The van der Waals surface area contributed by atoms with E-state index >= 15 is 0 Å². The van der Waals surface area contributed by atoms with Gasteiger partial charge in [0.05, 0.1) is 5.69 Å². The van der Waals surface area contributed by atoms with Crippen molar-refractivity contribution in [3.8, 4) is 0 Å². The van der Waals surface area contributed by atoms with Crippen molar-refractivity contribution in [1.82, 2.24) is 5.01 Å². The van der Waals surface area contributed by atoms with Gasteiger partial charge in [-0.1, -0.05) is 148 Å². The minimum Gasteiger partial charge on any atom is -0.464 e. The van der Waals surface area contributed by atoms with Crippen molar-refractivity contribution in [3.63, 3.8) is 0 Å². The van der Waals surface area contributed by atoms with Gasteiger partial charge in [-0.05, 0) is 25.0 Å². The standard InChI is InChI=1S/C31H56N2O2/c1-3-5-7-9-11-13-15-17-19-24-28-32(33(31(34)35)30-26-22-21-23-27-30)29-25-20-18-16-14-12-10-8-6-4-2/h21-23,26-27H,3-20,24-25,28-29H2,1-2H3,(H,34,35). The third-order valence-electron chi connectivity index (χ3n) is 7.00. The molecule has 0 saturated heterocycles. The lowest BCUT2D eigenvalue weighted by atomic mass is 10.1. The molecule has 1 rings (SSSR count). The first-order chi connectivity index (χ1) is 17.2. The van der Waals surface area contributed by atoms with Gasteiger partial charge in [0.1, 0.15) is 0 Å². The van der Waals surface area contributed by atoms with E-state index in [0.29, 0.717) is 0 Å². The Kier molecular flexibility index (Phi) is 20.6. The van der Waals surface area contributed by atoms with Crippen LogP contribution in [0.25, 0.3) is 0 Å². The van der Waals surface area contributed by atoms with Crippen molar-refractivity contribution in [2.24, 2.45) is 0 Å². The summed E-state index contributed by atoms with van der Waals surface area (Å²) >= 11 is 0. The molecule has 35 heavy (non-hydrogen) atoms. The minimum atomic E-state index is -0.879. The zero-order chi connectivity index (χ0) is 25.4. The fourth-order valence-corrected chi connectivity index (χ4v) is 4.84. The Morgan fingerprint density at radius 3 is 1.26 bits per heavy atom. The van der Waals surface area contributed by atoms with Gasteiger partial charge >= 0.3 is 6.09 Å². The maximum absolute atomic E-state index is 12.2. The van der Waals surface area contributed by atoms with Crippen molar-refractivity contribution >= 4 is 11.8 Å². The third-order valence-corrected chi connectivity index (χ3v) is 7.00. The summed E-state index contributed by atoms with van der Waals surface area (Å²) in [6, 6.07) is 9.59. The van der Waals surface area contributed by atoms with E-state index in [1.807, 2.05) is 30.3 Å². The highest BCUT2D eigenvalue weighted by molar-refractivity contribution is 5.84. The van der Waals surface area contributed by atoms with Crippen LogP contribution >= 0.6 is 0 Å². The molecule has 0 saturated carbocycles. The van der Waals surface area contributed by atoms with Gasteiger partial charge in [0.2, 0.25) is 0 Å². The second-order valence-electron chi connectivity index (χ2n) is 10.2. The van der Waals surface area contributed by atoms with Crippen molar-refractivity contribution in [3.05, 3.63) is 30.3 Å². The lowest BCUT2D eigenvalue weighted by Gasteiger charge is -2.33. The first-order valence-electron chi connectivity index (χ1n) is 15.0. The largest absolute Gasteiger partial charge is 0.464 e. The quantitative estimate of drug-likeness (QED) is 0.116. The van der Waals surface area contributed by atoms with E-state index in [0.717, 1.165) is 31.6 Å². The number of carbonyl (C=O) groups is 1. The van der Waals surface area contributed by atoms with Crippen LogP contribution in [0.15, 0.2) is 30.3 Å². The van der Waals surface area contributed by atoms with E-state index in [4.69, 9.17) is 0 Å². The Balaban J connectivity index is 2.38. The summed E-state index contributed by atoms with van der Waals surface area (Å²) in [4.78, 5) is 12.2. The monoisotopic (exact) mass is 488 g/mol. The highest BCUT2D eigenvalue weighted by atomic mass is 16.4. The van der Waals surface area contributed by atoms with E-state index in [1.54, 1.807) is 0 Å². The third kappa shape index (κ3) is 16.7. The summed E-state index contributed by atoms with van der Waals surface area (Å²) in [5, 5.41) is 13.6. The number of benzene rings is 1. The molecule has 0 radical (unpaired) electrons. The van der Waals surface area contributed by atoms with E-state index in [9.17, 15) is 9.90 Å². The average Bonchev–Trinajstić information content (AvgIpc) is 2.86. The number of hydrazine groups is 1. The van der Waals surface area contributed by atoms with E-state index < -0.39 is 6.09 Å². The maximum Gasteiger partial charge on any atom is 0.426 e. The highest BCUT2D eigenvalue weighted by Crippen LogP contribution is 2.19. The highest BCUT2D eigenvalue weighted by Gasteiger charge is 2.22. The topological polar surface area (TPSA) is 43.8 Å². The van der Waals surface area contributed by atoms with E-state index in [1.165, 1.54) is 121 Å². The van der Waals surface area contributed by atoms with Crippen LogP contribution in [0.1, 0.15) is 142 Å². The lowest BCUT2D eigenvalue weighted by Crippen LogP contribution is -2.47. The fraction of sp³-hybridized carbons (Fsp3) is 0.774. The van der Waals surface area contributed by atoms with Crippen LogP contribution in [-0.2, 0) is 0 Å². The minimum absolute atomic E-state index is 0.749. The van der Waals surface area contributed by atoms with E-state index in [-0.39, 0.29) is 0 Å². The van der Waals surface area contributed by atoms with Gasteiger partial charge in [-0.2, -0.15) is 0 Å². The molecule has 1 aromatic carbocycles. The molecule has 4 nitrogen and oxygen atoms in total. The molecule has 0 aliphatic carbocycles. The Morgan fingerprint density at radius 1 is 0.571 bits per heavy atom. The predicted octanol–water partition coefficient (Wildman–Crippen LogP) is 10.2. The zero-order valence-electron chi connectivity index (χ0n) is 23.2. The number of rotatable bonds is 24. The zero-order valence-corrected chi connectivity index (χ0v) is 23.2. The average molecular weight is 489 g/mol. The molecule has 1 N–H and O–H groups in total. The second kappa shape index (κ2) is 22.9. The predicted molar refractivity (Wildman–Crippen MR) is 152 cm³/mol. The van der Waals surface area contributed by atoms with Crippen molar-refractivity contribution in [2.75, 3.05) is 18.1 Å². The van der Waals surface area contributed by atoms with Crippen LogP contribution in [0.4, 0.5) is 10.5 Å². The fourth-order valence-electron chi connectivity index (χ4n) is 4.84. The molecular weight excluding hydrogens is 432 g/mol. The number of unbranched alkanes of at least 4 members (excludes halogenated alkanes) is 18. The summed E-state index contributed by atoms with van der Waals surface area (Å²) in [6.07, 6.45) is 25.1. The second-order valence-corrected chi connectivity index (χ2v) is 10.2. The first-order valence-corrected chi connectivity index (χ1v) is 15.0. The van der Waals surface area contributed by atoms with Crippen LogP contribution in [-0.4, -0.2) is 29.3 Å². The van der Waals surface area contributed by atoms with Crippen LogP contribution in [0, 0.1) is 0 Å². The lowest BCUT2D eigenvalue weighted by molar-refractivity contribution is 0.165. The summed E-state index contributed by atoms with van der Waals surface area (Å²) < 4.78 is 0. The SMILES string of the molecule is CCCCCCCCCCCCN(CCCCCCCCCCCC)N(C(=O)O)c1ccccc1. The Hall–Kier alpha value is -1.55. The number of hydrogen-bond donors (Lipinski definition) is 1. The van der Waals surface area contributed by atoms with Gasteiger partial charge in [0, 0.05) is 13.1 Å². The van der Waals surface area contributed by atoms with Gasteiger partial charge < -0.3 is 5.11 Å². The van der Waals surface area contributed by atoms with Crippen LogP contribution in [0.2, 0.25) is 0 Å². The van der Waals surface area contributed by atoms with E-state index in [2.05, 4.69) is 18.9 Å². The molecule has 0 spiro atoms. The molecule has 0 aliphatic heterocycles. The Morgan fingerprint density at radius 2 is 0.914 bits per heavy atom. The van der Waals surface area contributed by atoms with Gasteiger partial charge in [0.15, 0.2) is 0 Å². The molecule has 1 amide bonds. The van der Waals surface area contributed by atoms with Crippen molar-refractivity contribution in [1.29, 1.82) is 0 Å². The molecular formula is C31H56N2O2. The number of hydrogen-bond acceptors (Lipinski definition) is 2. The summed E-state index contributed by atoms with van der Waals surface area (Å²) in [5.41, 5.74) is 0.749. The molecule has 0 fully saturated rings. The molecule has 202 valence electrons. The molecule has 0 heterocycles. The normalized spacial score (nSPS) is 11.3. The number of carboxylic acid groups (broad SMARTS) is 1. The van der Waals surface area contributed by atoms with Gasteiger partial charge in [-0.15, -0.1) is 0 Å². The van der Waals surface area contributed by atoms with Gasteiger partial charge in [-0.25, -0.2) is 14.8 Å². The number of nitrogens with zero attached hydrogens (tertiary/aromatic N) is 2.